The average molecular weight is 1370 g/mol. The predicted octanol–water partition coefficient (Wildman–Crippen LogP) is 30.1. The Labute approximate surface area is 648 Å². The van der Waals surface area contributed by atoms with Crippen molar-refractivity contribution in [3.05, 3.63) is 412 Å². The molecule has 0 unspecified atom stereocenters. The smallest absolute Gasteiger partial charge is 0.0616 e. The maximum absolute atomic E-state index is 9.32. The molecule has 22 aromatic rings. The lowest BCUT2D eigenvalue weighted by Gasteiger charge is -2.20. The Balaban J connectivity index is 0.000000122. The van der Waals surface area contributed by atoms with Gasteiger partial charge in [0.1, 0.15) is 0 Å². The SMILES string of the molecule is [2H]c1c([2H])c([2H])c2c(-c3cc4ccccc4c4ccccc34)c3c([2H])c([2H])c([2H])c([2H])c3c(-c3cccc4ccccc34)c2c1[2H].[2H]c1c([2H])c([2H])c2c(-c3cccc4ccccc34)c3c([2H])c([2H])c([2H])c([2H])c3c(-c3ccc4ccccc4c3)c2c1[2H].[2H]c1c([2H])c([2H])c2c(-c3cccc4ccccc34)c3c([2H])c([2H])c([2H])c([2H])c3c(-c3cccc4ccccc34)c2c1[2H]. The summed E-state index contributed by atoms with van der Waals surface area (Å²) in [6, 6.07) is 76.2. The highest BCUT2D eigenvalue weighted by Gasteiger charge is 2.23. The van der Waals surface area contributed by atoms with Crippen LogP contribution >= 0.6 is 0 Å². The van der Waals surface area contributed by atoms with Crippen LogP contribution in [0, 0.1) is 0 Å². The van der Waals surface area contributed by atoms with Crippen molar-refractivity contribution in [2.24, 2.45) is 0 Å². The van der Waals surface area contributed by atoms with Gasteiger partial charge in [0.15, 0.2) is 0 Å². The van der Waals surface area contributed by atoms with E-state index in [1.807, 2.05) is 267 Å². The summed E-state index contributed by atoms with van der Waals surface area (Å²) in [6.07, 6.45) is 0. The lowest BCUT2D eigenvalue weighted by atomic mass is 9.83. The van der Waals surface area contributed by atoms with Gasteiger partial charge in [0.2, 0.25) is 0 Å². The minimum Gasteiger partial charge on any atom is -0.0616 e. The molecule has 0 N–H and O–H groups in total. The van der Waals surface area contributed by atoms with E-state index in [0.29, 0.717) is 66.8 Å². The van der Waals surface area contributed by atoms with Crippen molar-refractivity contribution in [2.75, 3.05) is 0 Å². The van der Waals surface area contributed by atoms with Gasteiger partial charge in [-0.15, -0.1) is 0 Å². The van der Waals surface area contributed by atoms with Crippen LogP contribution in [0.25, 0.3) is 207 Å². The fourth-order valence-corrected chi connectivity index (χ4v) is 15.9. The quantitative estimate of drug-likeness (QED) is 0.115. The van der Waals surface area contributed by atoms with Gasteiger partial charge in [0.25, 0.3) is 0 Å². The molecule has 22 rings (SSSR count). The van der Waals surface area contributed by atoms with Crippen LogP contribution in [0.5, 0.6) is 0 Å². The van der Waals surface area contributed by atoms with Crippen molar-refractivity contribution in [3.63, 3.8) is 0 Å². The summed E-state index contributed by atoms with van der Waals surface area (Å²) in [4.78, 5) is 0. The first kappa shape index (κ1) is 42.0. The molecule has 0 bridgehead atoms. The molecule has 0 nitrogen and oxygen atoms in total. The van der Waals surface area contributed by atoms with E-state index in [-0.39, 0.29) is 137 Å². The molecule has 0 aromatic heterocycles. The molecule has 0 saturated carbocycles. The van der Waals surface area contributed by atoms with Crippen LogP contribution in [0.15, 0.2) is 412 Å². The molecule has 22 aromatic carbocycles. The first-order valence-electron chi connectivity index (χ1n) is 46.8. The zero-order valence-electron chi connectivity index (χ0n) is 80.4. The van der Waals surface area contributed by atoms with Crippen molar-refractivity contribution in [1.29, 1.82) is 0 Å². The molecule has 0 atom stereocenters. The third-order valence-electron chi connectivity index (χ3n) is 20.4. The lowest BCUT2D eigenvalue weighted by Crippen LogP contribution is -1.92. The van der Waals surface area contributed by atoms with Gasteiger partial charge in [-0.25, -0.2) is 0 Å². The first-order chi connectivity index (χ1) is 62.6. The average Bonchev–Trinajstić information content (AvgIpc) is 0.712. The molecule has 0 aliphatic heterocycles. The molecule has 0 aliphatic carbocycles. The second kappa shape index (κ2) is 26.2. The van der Waals surface area contributed by atoms with E-state index < -0.39 is 72.5 Å². The Morgan fingerprint density at radius 1 is 0.132 bits per heavy atom. The van der Waals surface area contributed by atoms with Gasteiger partial charge >= 0.3 is 0 Å². The molecule has 0 heterocycles. The molecular formula is C106H68. The van der Waals surface area contributed by atoms with Crippen molar-refractivity contribution >= 4 is 140 Å². The van der Waals surface area contributed by atoms with Gasteiger partial charge < -0.3 is 0 Å². The monoisotopic (exact) mass is 1360 g/mol. The molecule has 0 saturated heterocycles. The number of rotatable bonds is 6. The highest BCUT2D eigenvalue weighted by Crippen LogP contribution is 2.51. The van der Waals surface area contributed by atoms with Crippen molar-refractivity contribution in [1.82, 2.24) is 0 Å². The number of hydrogen-bond donors (Lipinski definition) is 0. The summed E-state index contributed by atoms with van der Waals surface area (Å²) >= 11 is 0. The van der Waals surface area contributed by atoms with Crippen LogP contribution in [0.3, 0.4) is 0 Å². The van der Waals surface area contributed by atoms with Gasteiger partial charge in [-0.3, -0.25) is 0 Å². The molecular weight excluding hydrogens is 1270 g/mol. The zero-order chi connectivity index (χ0) is 90.9. The fraction of sp³-hybridized carbons (Fsp3) is 0. The molecule has 106 heavy (non-hydrogen) atoms. The van der Waals surface area contributed by atoms with Gasteiger partial charge in [-0.1, -0.05) is 400 Å². The predicted molar refractivity (Wildman–Crippen MR) is 460 cm³/mol. The summed E-state index contributed by atoms with van der Waals surface area (Å²) in [5, 5.41) is 15.0. The second-order valence-corrected chi connectivity index (χ2v) is 26.1. The van der Waals surface area contributed by atoms with Gasteiger partial charge in [-0.05, 0) is 219 Å². The minimum absolute atomic E-state index is 0.215. The topological polar surface area (TPSA) is 0 Å². The number of hydrogen-bond acceptors (Lipinski definition) is 0. The largest absolute Gasteiger partial charge is 0.0629 e. The van der Waals surface area contributed by atoms with Crippen molar-refractivity contribution in [3.8, 4) is 66.8 Å². The van der Waals surface area contributed by atoms with E-state index in [4.69, 9.17) is 27.4 Å². The second-order valence-electron chi connectivity index (χ2n) is 26.1. The van der Waals surface area contributed by atoms with E-state index in [9.17, 15) is 5.48 Å². The standard InChI is InChI=1S/C38H24.2C34H22/c1-3-15-27-25(12-1)14-11-23-31(27)37-32-19-7-9-21-34(32)38(35-22-10-8-20-33(35)37)36-24-26-13-2-4-16-28(26)29-17-5-6-18-30(29)36;1-3-15-25-23(11-1)13-9-21-27(25)33-29-17-5-7-19-31(29)34(32-20-8-6-18-30(32)33)28-22-10-14-24-12-2-4-16-26(24)28;1-2-12-25-22-26(21-20-23(25)10-1)33-29-15-5-7-17-31(29)34(32-18-8-6-16-30(32)33)28-19-9-13-24-11-3-4-14-27(24)28/h1-24H;2*1-22H/i7D,8D,9D,10D,19D,20D,21D,22D;5D,6D,7D,8D,17D,18D,19D,20D;5D,6D,7D,8D,15D,16D,17D,18D. The van der Waals surface area contributed by atoms with E-state index in [1.54, 1.807) is 0 Å². The van der Waals surface area contributed by atoms with Crippen LogP contribution in [0.1, 0.15) is 32.9 Å². The number of benzene rings is 22. The van der Waals surface area contributed by atoms with Crippen molar-refractivity contribution in [2.45, 2.75) is 0 Å². The molecule has 0 spiro atoms. The first-order valence-corrected chi connectivity index (χ1v) is 34.8. The van der Waals surface area contributed by atoms with Crippen LogP contribution in [0.4, 0.5) is 0 Å². The molecule has 0 aliphatic rings. The Bertz CT molecular complexity index is 8380. The van der Waals surface area contributed by atoms with E-state index in [0.717, 1.165) is 75.4 Å². The summed E-state index contributed by atoms with van der Waals surface area (Å²) < 4.78 is 214. The highest BCUT2D eigenvalue weighted by molar-refractivity contribution is 6.29. The molecule has 0 fully saturated rings. The number of fused-ring (bicyclic) bond motifs is 14. The highest BCUT2D eigenvalue weighted by atomic mass is 14.3. The third kappa shape index (κ3) is 10.4. The molecule has 0 radical (unpaired) electrons. The Morgan fingerprint density at radius 2 is 0.368 bits per heavy atom. The van der Waals surface area contributed by atoms with Gasteiger partial charge in [-0.2, -0.15) is 0 Å². The fourth-order valence-electron chi connectivity index (χ4n) is 15.9. The van der Waals surface area contributed by atoms with E-state index >= 15 is 0 Å². The van der Waals surface area contributed by atoms with E-state index in [1.165, 1.54) is 0 Å². The van der Waals surface area contributed by atoms with E-state index in [2.05, 4.69) is 0 Å². The van der Waals surface area contributed by atoms with Crippen LogP contribution in [-0.4, -0.2) is 0 Å². The molecule has 0 amide bonds. The van der Waals surface area contributed by atoms with Gasteiger partial charge in [0.05, 0.1) is 32.9 Å². The normalized spacial score (nSPS) is 14.8. The summed E-state index contributed by atoms with van der Waals surface area (Å²) in [7, 11) is 0. The van der Waals surface area contributed by atoms with Crippen molar-refractivity contribution < 1.29 is 32.9 Å². The summed E-state index contributed by atoms with van der Waals surface area (Å²) in [5.41, 5.74) is 5.89. The van der Waals surface area contributed by atoms with Crippen LogP contribution < -0.4 is 0 Å². The van der Waals surface area contributed by atoms with Crippen LogP contribution in [0.2, 0.25) is 0 Å². The maximum Gasteiger partial charge on any atom is 0.0629 e. The Hall–Kier alpha value is -13.8. The molecule has 492 valence electrons. The molecule has 0 heteroatoms. The van der Waals surface area contributed by atoms with Gasteiger partial charge in [0, 0.05) is 0 Å². The lowest BCUT2D eigenvalue weighted by molar-refractivity contribution is 1.68. The van der Waals surface area contributed by atoms with Crippen LogP contribution in [-0.2, 0) is 0 Å². The third-order valence-corrected chi connectivity index (χ3v) is 20.4. The zero-order valence-corrected chi connectivity index (χ0v) is 56.4. The Morgan fingerprint density at radius 3 is 0.698 bits per heavy atom. The maximum atomic E-state index is 9.32. The minimum atomic E-state index is -0.409. The Kier molecular flexibility index (Phi) is 10.4. The summed E-state index contributed by atoms with van der Waals surface area (Å²) in [5.74, 6) is 0. The summed E-state index contributed by atoms with van der Waals surface area (Å²) in [6.45, 7) is 0.